The molecule has 194 valence electrons. The number of hydrogen-bond acceptors (Lipinski definition) is 6. The number of nitrogens with two attached hydrogens (primary N) is 2. The summed E-state index contributed by atoms with van der Waals surface area (Å²) in [6, 6.07) is 7.78. The van der Waals surface area contributed by atoms with Gasteiger partial charge in [-0.05, 0) is 58.4 Å². The lowest BCUT2D eigenvalue weighted by Crippen LogP contribution is -2.50. The maximum absolute atomic E-state index is 12.9. The highest BCUT2D eigenvalue weighted by atomic mass is 16.5. The molecule has 0 spiro atoms. The van der Waals surface area contributed by atoms with E-state index >= 15 is 0 Å². The Labute approximate surface area is 214 Å². The van der Waals surface area contributed by atoms with Crippen LogP contribution in [0.2, 0.25) is 0 Å². The number of carbonyl (C=O) groups is 2. The summed E-state index contributed by atoms with van der Waals surface area (Å²) in [6.07, 6.45) is 14.5. The fourth-order valence-electron chi connectivity index (χ4n) is 4.49. The summed E-state index contributed by atoms with van der Waals surface area (Å²) < 4.78 is 6.05. The van der Waals surface area contributed by atoms with E-state index in [0.717, 1.165) is 17.7 Å². The molecule has 1 aliphatic carbocycles. The first-order valence-corrected chi connectivity index (χ1v) is 12.0. The molecular formula is C28H39N5O3. The molecule has 1 unspecified atom stereocenters. The number of nitrogens with one attached hydrogen (secondary N) is 1. The topological polar surface area (TPSA) is 123 Å². The second-order valence-electron chi connectivity index (χ2n) is 10.4. The molecule has 1 fully saturated rings. The maximum atomic E-state index is 12.9. The average Bonchev–Trinajstić information content (AvgIpc) is 3.57. The van der Waals surface area contributed by atoms with Gasteiger partial charge in [-0.2, -0.15) is 0 Å². The molecule has 2 heterocycles. The molecule has 0 aromatic heterocycles. The number of amides is 2. The van der Waals surface area contributed by atoms with Crippen LogP contribution in [-0.2, 0) is 9.59 Å². The van der Waals surface area contributed by atoms with Gasteiger partial charge in [0, 0.05) is 24.4 Å². The number of hydrogen-bond donors (Lipinski definition) is 3. The second-order valence-corrected chi connectivity index (χ2v) is 10.4. The number of aliphatic imine (C=N–C) groups is 1. The number of carbonyl (C=O) groups excluding carboxylic acids is 2. The number of terminal acetylenes is 1. The molecule has 2 amide bonds. The molecule has 1 aromatic rings. The maximum Gasteiger partial charge on any atom is 0.231 e. The molecule has 36 heavy (non-hydrogen) atoms. The van der Waals surface area contributed by atoms with Crippen molar-refractivity contribution in [1.82, 2.24) is 10.2 Å². The van der Waals surface area contributed by atoms with E-state index in [1.165, 1.54) is 11.1 Å². The normalized spacial score (nSPS) is 24.9. The molecule has 0 saturated heterocycles. The van der Waals surface area contributed by atoms with Crippen molar-refractivity contribution in [2.45, 2.75) is 64.1 Å². The van der Waals surface area contributed by atoms with Gasteiger partial charge in [-0.1, -0.05) is 30.9 Å². The van der Waals surface area contributed by atoms with Crippen LogP contribution in [0.5, 0.6) is 5.75 Å². The third-order valence-corrected chi connectivity index (χ3v) is 6.20. The molecular weight excluding hydrogens is 454 g/mol. The average molecular weight is 494 g/mol. The van der Waals surface area contributed by atoms with Crippen LogP contribution in [0, 0.1) is 24.7 Å². The Hall–Kier alpha value is -3.73. The Kier molecular flexibility index (Phi) is 9.35. The molecule has 5 N–H and O–H groups in total. The zero-order valence-corrected chi connectivity index (χ0v) is 21.7. The van der Waals surface area contributed by atoms with Crippen LogP contribution in [0.3, 0.4) is 0 Å². The van der Waals surface area contributed by atoms with E-state index in [0.29, 0.717) is 19.4 Å². The van der Waals surface area contributed by atoms with Gasteiger partial charge >= 0.3 is 0 Å². The van der Waals surface area contributed by atoms with Crippen LogP contribution >= 0.6 is 0 Å². The highest BCUT2D eigenvalue weighted by Crippen LogP contribution is 2.43. The molecule has 4 rings (SSSR count). The zero-order valence-electron chi connectivity index (χ0n) is 21.7. The van der Waals surface area contributed by atoms with Crippen molar-refractivity contribution in [2.24, 2.45) is 28.3 Å². The third kappa shape index (κ3) is 7.38. The summed E-state index contributed by atoms with van der Waals surface area (Å²) in [5.41, 5.74) is 11.1. The molecule has 1 aromatic carbocycles. The Morgan fingerprint density at radius 1 is 1.31 bits per heavy atom. The molecule has 3 atom stereocenters. The number of ether oxygens (including phenoxy) is 1. The van der Waals surface area contributed by atoms with Gasteiger partial charge in [0.15, 0.2) is 5.96 Å². The van der Waals surface area contributed by atoms with Crippen molar-refractivity contribution in [3.05, 3.63) is 54.8 Å². The summed E-state index contributed by atoms with van der Waals surface area (Å²) in [6.45, 7) is 11.7. The van der Waals surface area contributed by atoms with E-state index in [1.807, 2.05) is 52.0 Å². The highest BCUT2D eigenvalue weighted by Gasteiger charge is 2.47. The summed E-state index contributed by atoms with van der Waals surface area (Å²) in [5.74, 6) is 1.13. The lowest BCUT2D eigenvalue weighted by Gasteiger charge is -2.38. The smallest absolute Gasteiger partial charge is 0.231 e. The summed E-state index contributed by atoms with van der Waals surface area (Å²) >= 11 is 0. The molecule has 1 saturated carbocycles. The fourth-order valence-corrected chi connectivity index (χ4v) is 4.49. The largest absolute Gasteiger partial charge is 0.487 e. The molecule has 0 bridgehead atoms. The van der Waals surface area contributed by atoms with Gasteiger partial charge in [0.2, 0.25) is 11.8 Å². The number of guanidine groups is 1. The van der Waals surface area contributed by atoms with Crippen LogP contribution in [0.15, 0.2) is 54.2 Å². The van der Waals surface area contributed by atoms with Gasteiger partial charge in [0.1, 0.15) is 11.4 Å². The third-order valence-electron chi connectivity index (χ3n) is 6.20. The number of benzene rings is 1. The minimum Gasteiger partial charge on any atom is -0.487 e. The number of para-hydroxylation sites is 1. The van der Waals surface area contributed by atoms with Gasteiger partial charge in [-0.3, -0.25) is 14.5 Å². The van der Waals surface area contributed by atoms with Gasteiger partial charge in [-0.25, -0.2) is 4.99 Å². The highest BCUT2D eigenvalue weighted by molar-refractivity contribution is 5.99. The van der Waals surface area contributed by atoms with Crippen molar-refractivity contribution < 1.29 is 14.3 Å². The van der Waals surface area contributed by atoms with Crippen molar-refractivity contribution in [3.63, 3.8) is 0 Å². The van der Waals surface area contributed by atoms with E-state index in [4.69, 9.17) is 16.2 Å². The SMILES string of the molecule is C#C.C=C/C=C\N.CC1(C)CC(=O)N(C[C@H]2CC2C(=O)N[C@H]2CC(C)(C)Oc3ccccc32)C(N)=N1. The molecule has 3 aliphatic rings. The summed E-state index contributed by atoms with van der Waals surface area (Å²) in [4.78, 5) is 31.3. The van der Waals surface area contributed by atoms with Gasteiger partial charge in [0.05, 0.1) is 18.0 Å². The number of nitrogens with zero attached hydrogens (tertiary/aromatic N) is 2. The lowest BCUT2D eigenvalue weighted by molar-refractivity contribution is -0.130. The predicted octanol–water partition coefficient (Wildman–Crippen LogP) is 3.26. The minimum absolute atomic E-state index is 0.0198. The molecule has 8 nitrogen and oxygen atoms in total. The van der Waals surface area contributed by atoms with Gasteiger partial charge in [0.25, 0.3) is 0 Å². The van der Waals surface area contributed by atoms with Crippen LogP contribution in [-0.4, -0.2) is 40.4 Å². The summed E-state index contributed by atoms with van der Waals surface area (Å²) in [5, 5.41) is 3.21. The Bertz CT molecular complexity index is 1040. The number of rotatable bonds is 5. The number of allylic oxidation sites excluding steroid dienone is 2. The first-order valence-electron chi connectivity index (χ1n) is 12.0. The van der Waals surface area contributed by atoms with E-state index in [9.17, 15) is 9.59 Å². The second kappa shape index (κ2) is 11.8. The summed E-state index contributed by atoms with van der Waals surface area (Å²) in [7, 11) is 0. The standard InChI is InChI=1S/C22H30N4O3.C4H7N.C2H2/c1-21(2)11-18(27)26(20(23)25-21)12-13-9-15(13)19(28)24-16-10-22(3,4)29-17-8-6-5-7-14(16)17;1-2-3-4-5;1-2/h5-8,13,15-16H,9-12H2,1-4H3,(H2,23,25)(H,24,28);2-4H,1,5H2;1-2H/b;4-3-;/t13-,15?,16+;;/m1../s1. The Morgan fingerprint density at radius 2 is 1.97 bits per heavy atom. The van der Waals surface area contributed by atoms with Crippen molar-refractivity contribution >= 4 is 17.8 Å². The van der Waals surface area contributed by atoms with Crippen molar-refractivity contribution in [3.8, 4) is 18.6 Å². The predicted molar refractivity (Wildman–Crippen MR) is 144 cm³/mol. The van der Waals surface area contributed by atoms with Crippen LogP contribution in [0.1, 0.15) is 58.6 Å². The van der Waals surface area contributed by atoms with Crippen LogP contribution < -0.4 is 21.5 Å². The Morgan fingerprint density at radius 3 is 2.56 bits per heavy atom. The van der Waals surface area contributed by atoms with E-state index in [-0.39, 0.29) is 41.3 Å². The van der Waals surface area contributed by atoms with E-state index in [2.05, 4.69) is 29.7 Å². The van der Waals surface area contributed by atoms with Crippen LogP contribution in [0.4, 0.5) is 0 Å². The quantitative estimate of drug-likeness (QED) is 0.429. The Balaban J connectivity index is 0.000000583. The minimum atomic E-state index is -0.457. The van der Waals surface area contributed by atoms with Gasteiger partial charge < -0.3 is 21.5 Å². The van der Waals surface area contributed by atoms with Crippen molar-refractivity contribution in [1.29, 1.82) is 0 Å². The first-order chi connectivity index (χ1) is 17.0. The first kappa shape index (κ1) is 28.5. The van der Waals surface area contributed by atoms with Crippen molar-refractivity contribution in [2.75, 3.05) is 6.54 Å². The lowest BCUT2D eigenvalue weighted by atomic mass is 9.89. The zero-order chi connectivity index (χ0) is 27.1. The van der Waals surface area contributed by atoms with E-state index in [1.54, 1.807) is 12.2 Å². The fraction of sp³-hybridized carbons (Fsp3) is 0.464. The molecule has 2 aliphatic heterocycles. The van der Waals surface area contributed by atoms with E-state index < -0.39 is 5.54 Å². The monoisotopic (exact) mass is 493 g/mol. The van der Waals surface area contributed by atoms with Crippen LogP contribution in [0.25, 0.3) is 0 Å². The van der Waals surface area contributed by atoms with Gasteiger partial charge in [-0.15, -0.1) is 12.8 Å². The molecule has 8 heteroatoms. The molecule has 0 radical (unpaired) electrons. The number of fused-ring (bicyclic) bond motifs is 1.